The molecule has 0 aliphatic carbocycles. The van der Waals surface area contributed by atoms with Crippen molar-refractivity contribution in [2.45, 2.75) is 12.8 Å². The molecule has 1 fully saturated rings. The van der Waals surface area contributed by atoms with E-state index in [1.807, 2.05) is 0 Å². The van der Waals surface area contributed by atoms with Crippen molar-refractivity contribution in [1.29, 1.82) is 0 Å². The van der Waals surface area contributed by atoms with Gasteiger partial charge in [0.2, 0.25) is 0 Å². The van der Waals surface area contributed by atoms with Gasteiger partial charge in [0.25, 0.3) is 0 Å². The largest absolute Gasteiger partial charge is 0.380 e. The molecular weight excluding hydrogens is 229 g/mol. The maximum absolute atomic E-state index is 13.3. The number of anilines is 1. The Morgan fingerprint density at radius 1 is 1.24 bits per heavy atom. The number of rotatable bonds is 3. The highest BCUT2D eigenvalue weighted by molar-refractivity contribution is 5.46. The number of hydrogen-bond donors (Lipinski definition) is 2. The molecule has 1 atom stereocenters. The molecule has 2 nitrogen and oxygen atoms in total. The van der Waals surface area contributed by atoms with Crippen LogP contribution in [0.5, 0.6) is 0 Å². The van der Waals surface area contributed by atoms with Gasteiger partial charge in [0, 0.05) is 18.7 Å². The lowest BCUT2D eigenvalue weighted by molar-refractivity contribution is 0.392. The normalized spacial score (nSPS) is 20.3. The highest BCUT2D eigenvalue weighted by Gasteiger charge is 2.15. The lowest BCUT2D eigenvalue weighted by atomic mass is 10.00. The van der Waals surface area contributed by atoms with E-state index < -0.39 is 17.5 Å². The summed E-state index contributed by atoms with van der Waals surface area (Å²) in [6.07, 6.45) is 2.10. The van der Waals surface area contributed by atoms with Crippen molar-refractivity contribution in [3.8, 4) is 0 Å². The van der Waals surface area contributed by atoms with Crippen LogP contribution in [0.25, 0.3) is 0 Å². The second-order valence-electron chi connectivity index (χ2n) is 4.34. The molecule has 0 bridgehead atoms. The molecule has 0 spiro atoms. The Hall–Kier alpha value is -1.23. The van der Waals surface area contributed by atoms with Crippen molar-refractivity contribution in [2.24, 2.45) is 5.92 Å². The molecule has 2 rings (SSSR count). The quantitative estimate of drug-likeness (QED) is 0.853. The lowest BCUT2D eigenvalue weighted by Gasteiger charge is -2.23. The van der Waals surface area contributed by atoms with E-state index >= 15 is 0 Å². The van der Waals surface area contributed by atoms with E-state index in [-0.39, 0.29) is 5.69 Å². The number of piperidine rings is 1. The fourth-order valence-corrected chi connectivity index (χ4v) is 2.06. The smallest absolute Gasteiger partial charge is 0.152 e. The van der Waals surface area contributed by atoms with Crippen LogP contribution in [-0.4, -0.2) is 19.6 Å². The van der Waals surface area contributed by atoms with E-state index in [9.17, 15) is 13.2 Å². The van der Waals surface area contributed by atoms with E-state index in [1.165, 1.54) is 0 Å². The van der Waals surface area contributed by atoms with Gasteiger partial charge in [-0.05, 0) is 31.8 Å². The predicted molar refractivity (Wildman–Crippen MR) is 60.4 cm³/mol. The first-order chi connectivity index (χ1) is 8.16. The molecule has 1 aromatic carbocycles. The molecule has 1 heterocycles. The average molecular weight is 244 g/mol. The second-order valence-corrected chi connectivity index (χ2v) is 4.34. The topological polar surface area (TPSA) is 24.1 Å². The summed E-state index contributed by atoms with van der Waals surface area (Å²) >= 11 is 0. The van der Waals surface area contributed by atoms with Crippen molar-refractivity contribution < 1.29 is 13.2 Å². The third-order valence-corrected chi connectivity index (χ3v) is 2.97. The Morgan fingerprint density at radius 3 is 2.53 bits per heavy atom. The summed E-state index contributed by atoms with van der Waals surface area (Å²) in [5, 5.41) is 5.94. The maximum atomic E-state index is 13.3. The van der Waals surface area contributed by atoms with Gasteiger partial charge in [0.15, 0.2) is 11.6 Å². The van der Waals surface area contributed by atoms with E-state index in [0.29, 0.717) is 24.6 Å². The molecule has 1 aliphatic heterocycles. The van der Waals surface area contributed by atoms with Gasteiger partial charge in [-0.1, -0.05) is 0 Å². The molecule has 94 valence electrons. The Bertz CT molecular complexity index is 366. The summed E-state index contributed by atoms with van der Waals surface area (Å²) < 4.78 is 39.3. The first kappa shape index (κ1) is 12.2. The summed E-state index contributed by atoms with van der Waals surface area (Å²) in [6, 6.07) is 1.37. The standard InChI is InChI=1S/C12H15F3N2/c13-9-4-10(14)12(11(15)5-9)17-7-8-2-1-3-16-6-8/h4-5,8,16-17H,1-3,6-7H2. The van der Waals surface area contributed by atoms with Crippen LogP contribution in [0.4, 0.5) is 18.9 Å². The molecule has 5 heteroatoms. The Kier molecular flexibility index (Phi) is 3.89. The number of hydrogen-bond acceptors (Lipinski definition) is 2. The van der Waals surface area contributed by atoms with Crippen LogP contribution in [0.3, 0.4) is 0 Å². The number of benzene rings is 1. The van der Waals surface area contributed by atoms with Crippen LogP contribution in [-0.2, 0) is 0 Å². The van der Waals surface area contributed by atoms with E-state index in [1.54, 1.807) is 0 Å². The molecule has 1 aliphatic rings. The molecule has 0 aromatic heterocycles. The Morgan fingerprint density at radius 2 is 1.94 bits per heavy atom. The number of halogens is 3. The van der Waals surface area contributed by atoms with Crippen molar-refractivity contribution in [3.05, 3.63) is 29.6 Å². The van der Waals surface area contributed by atoms with Gasteiger partial charge >= 0.3 is 0 Å². The summed E-state index contributed by atoms with van der Waals surface area (Å²) in [5.74, 6) is -2.31. The first-order valence-electron chi connectivity index (χ1n) is 5.76. The van der Waals surface area contributed by atoms with Crippen LogP contribution >= 0.6 is 0 Å². The van der Waals surface area contributed by atoms with Gasteiger partial charge in [-0.2, -0.15) is 0 Å². The van der Waals surface area contributed by atoms with Crippen molar-refractivity contribution >= 4 is 5.69 Å². The molecule has 1 aromatic rings. The van der Waals surface area contributed by atoms with Gasteiger partial charge in [-0.3, -0.25) is 0 Å². The third-order valence-electron chi connectivity index (χ3n) is 2.97. The van der Waals surface area contributed by atoms with Crippen LogP contribution in [0.15, 0.2) is 12.1 Å². The number of nitrogens with one attached hydrogen (secondary N) is 2. The van der Waals surface area contributed by atoms with Crippen LogP contribution in [0, 0.1) is 23.4 Å². The molecule has 0 radical (unpaired) electrons. The third kappa shape index (κ3) is 3.12. The summed E-state index contributed by atoms with van der Waals surface area (Å²) in [7, 11) is 0. The second kappa shape index (κ2) is 5.40. The van der Waals surface area contributed by atoms with Crippen LogP contribution in [0.2, 0.25) is 0 Å². The van der Waals surface area contributed by atoms with Crippen molar-refractivity contribution in [1.82, 2.24) is 5.32 Å². The monoisotopic (exact) mass is 244 g/mol. The van der Waals surface area contributed by atoms with Gasteiger partial charge in [0.1, 0.15) is 11.5 Å². The van der Waals surface area contributed by atoms with Gasteiger partial charge in [-0.15, -0.1) is 0 Å². The van der Waals surface area contributed by atoms with Crippen LogP contribution in [0.1, 0.15) is 12.8 Å². The first-order valence-corrected chi connectivity index (χ1v) is 5.76. The van der Waals surface area contributed by atoms with E-state index in [4.69, 9.17) is 0 Å². The minimum absolute atomic E-state index is 0.239. The molecule has 0 amide bonds. The summed E-state index contributed by atoms with van der Waals surface area (Å²) in [6.45, 7) is 2.33. The zero-order chi connectivity index (χ0) is 12.3. The lowest BCUT2D eigenvalue weighted by Crippen LogP contribution is -2.33. The van der Waals surface area contributed by atoms with Gasteiger partial charge in [0.05, 0.1) is 0 Å². The van der Waals surface area contributed by atoms with Gasteiger partial charge < -0.3 is 10.6 Å². The van der Waals surface area contributed by atoms with Crippen molar-refractivity contribution in [3.63, 3.8) is 0 Å². The minimum atomic E-state index is -0.898. The zero-order valence-corrected chi connectivity index (χ0v) is 9.40. The molecular formula is C12H15F3N2. The molecule has 0 saturated carbocycles. The predicted octanol–water partition coefficient (Wildman–Crippen LogP) is 2.52. The summed E-state index contributed by atoms with van der Waals surface area (Å²) in [5.41, 5.74) is -0.239. The van der Waals surface area contributed by atoms with Gasteiger partial charge in [-0.25, -0.2) is 13.2 Å². The van der Waals surface area contributed by atoms with Crippen molar-refractivity contribution in [2.75, 3.05) is 25.0 Å². The molecule has 1 saturated heterocycles. The maximum Gasteiger partial charge on any atom is 0.152 e. The molecule has 1 unspecified atom stereocenters. The minimum Gasteiger partial charge on any atom is -0.380 e. The SMILES string of the molecule is Fc1cc(F)c(NCC2CCCNC2)c(F)c1. The Balaban J connectivity index is 1.98. The highest BCUT2D eigenvalue weighted by Crippen LogP contribution is 2.21. The molecule has 2 N–H and O–H groups in total. The van der Waals surface area contributed by atoms with E-state index in [2.05, 4.69) is 10.6 Å². The average Bonchev–Trinajstić information content (AvgIpc) is 2.29. The highest BCUT2D eigenvalue weighted by atomic mass is 19.1. The fraction of sp³-hybridized carbons (Fsp3) is 0.500. The van der Waals surface area contributed by atoms with Crippen LogP contribution < -0.4 is 10.6 Å². The fourth-order valence-electron chi connectivity index (χ4n) is 2.06. The zero-order valence-electron chi connectivity index (χ0n) is 9.40. The molecule has 17 heavy (non-hydrogen) atoms. The summed E-state index contributed by atoms with van der Waals surface area (Å²) in [4.78, 5) is 0. The van der Waals surface area contributed by atoms with E-state index in [0.717, 1.165) is 25.9 Å². The Labute approximate surface area is 98.2 Å².